The average molecular weight is 225 g/mol. The van der Waals surface area contributed by atoms with Crippen LogP contribution in [0.3, 0.4) is 0 Å². The van der Waals surface area contributed by atoms with E-state index in [-0.39, 0.29) is 0 Å². The summed E-state index contributed by atoms with van der Waals surface area (Å²) in [5.41, 5.74) is 0. The predicted molar refractivity (Wildman–Crippen MR) is 66.4 cm³/mol. The van der Waals surface area contributed by atoms with Crippen molar-refractivity contribution in [2.45, 2.75) is 19.3 Å². The number of hydrogen-bond acceptors (Lipinski definition) is 3. The molecule has 0 amide bonds. The molecule has 2 rings (SSSR count). The van der Waals surface area contributed by atoms with E-state index in [0.29, 0.717) is 5.92 Å². The van der Waals surface area contributed by atoms with E-state index in [1.807, 2.05) is 0 Å². The third-order valence-corrected chi connectivity index (χ3v) is 3.76. The van der Waals surface area contributed by atoms with Gasteiger partial charge in [0, 0.05) is 13.1 Å². The van der Waals surface area contributed by atoms with Gasteiger partial charge >= 0.3 is 0 Å². The van der Waals surface area contributed by atoms with E-state index in [1.165, 1.54) is 45.4 Å². The van der Waals surface area contributed by atoms with Gasteiger partial charge in [-0.15, -0.1) is 0 Å². The molecule has 0 aliphatic carbocycles. The van der Waals surface area contributed by atoms with Gasteiger partial charge in [0.1, 0.15) is 0 Å². The zero-order chi connectivity index (χ0) is 11.2. The van der Waals surface area contributed by atoms with Gasteiger partial charge in [0.15, 0.2) is 0 Å². The van der Waals surface area contributed by atoms with Crippen LogP contribution in [0, 0.1) is 12.8 Å². The maximum atomic E-state index is 5.35. The molecule has 93 valence electrons. The van der Waals surface area contributed by atoms with Gasteiger partial charge in [-0.2, -0.15) is 0 Å². The highest BCUT2D eigenvalue weighted by molar-refractivity contribution is 4.73. The molecule has 0 aromatic rings. The second-order valence-electron chi connectivity index (χ2n) is 5.09. The Morgan fingerprint density at radius 3 is 2.12 bits per heavy atom. The average Bonchev–Trinajstić information content (AvgIpc) is 2.33. The van der Waals surface area contributed by atoms with Gasteiger partial charge in [-0.3, -0.25) is 4.90 Å². The standard InChI is InChI=1S/C13H25N2O/c1-13-3-7-14(8-4-13)5-2-6-15-9-11-16-12-10-15/h13H,1-12H2. The van der Waals surface area contributed by atoms with E-state index in [0.717, 1.165) is 26.3 Å². The van der Waals surface area contributed by atoms with Crippen molar-refractivity contribution >= 4 is 0 Å². The van der Waals surface area contributed by atoms with Gasteiger partial charge < -0.3 is 9.64 Å². The molecule has 0 spiro atoms. The third-order valence-electron chi connectivity index (χ3n) is 3.76. The van der Waals surface area contributed by atoms with E-state index in [2.05, 4.69) is 16.7 Å². The minimum Gasteiger partial charge on any atom is -0.379 e. The van der Waals surface area contributed by atoms with Crippen LogP contribution in [0.2, 0.25) is 0 Å². The summed E-state index contributed by atoms with van der Waals surface area (Å²) in [5, 5.41) is 0. The van der Waals surface area contributed by atoms with Crippen LogP contribution in [0.15, 0.2) is 0 Å². The maximum Gasteiger partial charge on any atom is 0.0594 e. The summed E-state index contributed by atoms with van der Waals surface area (Å²) < 4.78 is 5.35. The number of piperidine rings is 1. The van der Waals surface area contributed by atoms with Gasteiger partial charge in [0.05, 0.1) is 13.2 Å². The molecule has 2 aliphatic rings. The van der Waals surface area contributed by atoms with Gasteiger partial charge in [-0.25, -0.2) is 0 Å². The SMILES string of the molecule is [CH2]C1CCN(CCCN2CCOCC2)CC1. The molecule has 2 fully saturated rings. The Hall–Kier alpha value is -0.120. The normalized spacial score (nSPS) is 26.1. The molecule has 0 N–H and O–H groups in total. The summed E-state index contributed by atoms with van der Waals surface area (Å²) in [6.07, 6.45) is 3.89. The monoisotopic (exact) mass is 225 g/mol. The predicted octanol–water partition coefficient (Wildman–Crippen LogP) is 1.25. The van der Waals surface area contributed by atoms with Gasteiger partial charge in [0.25, 0.3) is 0 Å². The summed E-state index contributed by atoms with van der Waals surface area (Å²) in [4.78, 5) is 5.12. The van der Waals surface area contributed by atoms with Crippen LogP contribution >= 0.6 is 0 Å². The van der Waals surface area contributed by atoms with Crippen LogP contribution < -0.4 is 0 Å². The fourth-order valence-electron chi connectivity index (χ4n) is 2.55. The van der Waals surface area contributed by atoms with Crippen LogP contribution in [-0.4, -0.2) is 62.3 Å². The quantitative estimate of drug-likeness (QED) is 0.716. The fourth-order valence-corrected chi connectivity index (χ4v) is 2.55. The zero-order valence-electron chi connectivity index (χ0n) is 10.4. The fraction of sp³-hybridized carbons (Fsp3) is 0.923. The molecule has 1 radical (unpaired) electrons. The first kappa shape index (κ1) is 12.3. The van der Waals surface area contributed by atoms with E-state index in [4.69, 9.17) is 4.74 Å². The van der Waals surface area contributed by atoms with Crippen LogP contribution in [0.4, 0.5) is 0 Å². The van der Waals surface area contributed by atoms with Crippen LogP contribution in [0.5, 0.6) is 0 Å². The van der Waals surface area contributed by atoms with Crippen molar-refractivity contribution in [1.82, 2.24) is 9.80 Å². The first-order valence-electron chi connectivity index (χ1n) is 6.70. The molecule has 16 heavy (non-hydrogen) atoms. The van der Waals surface area contributed by atoms with Crippen LogP contribution in [-0.2, 0) is 4.74 Å². The highest BCUT2D eigenvalue weighted by Crippen LogP contribution is 2.15. The Balaban J connectivity index is 1.53. The van der Waals surface area contributed by atoms with E-state index >= 15 is 0 Å². The topological polar surface area (TPSA) is 15.7 Å². The molecule has 3 heteroatoms. The molecule has 0 aromatic carbocycles. The van der Waals surface area contributed by atoms with Crippen molar-refractivity contribution in [1.29, 1.82) is 0 Å². The van der Waals surface area contributed by atoms with Crippen molar-refractivity contribution in [3.63, 3.8) is 0 Å². The summed E-state index contributed by atoms with van der Waals surface area (Å²) in [5.74, 6) is 0.704. The highest BCUT2D eigenvalue weighted by atomic mass is 16.5. The molecule has 0 unspecified atom stereocenters. The Kier molecular flexibility index (Phi) is 5.07. The van der Waals surface area contributed by atoms with Crippen LogP contribution in [0.1, 0.15) is 19.3 Å². The van der Waals surface area contributed by atoms with E-state index in [1.54, 1.807) is 0 Å². The lowest BCUT2D eigenvalue weighted by Crippen LogP contribution is -2.39. The molecule has 0 saturated carbocycles. The zero-order valence-corrected chi connectivity index (χ0v) is 10.4. The molecule has 2 saturated heterocycles. The minimum absolute atomic E-state index is 0.704. The van der Waals surface area contributed by atoms with E-state index in [9.17, 15) is 0 Å². The third kappa shape index (κ3) is 4.04. The van der Waals surface area contributed by atoms with E-state index < -0.39 is 0 Å². The lowest BCUT2D eigenvalue weighted by atomic mass is 9.99. The largest absolute Gasteiger partial charge is 0.379 e. The molecule has 3 nitrogen and oxygen atoms in total. The van der Waals surface area contributed by atoms with Gasteiger partial charge in [-0.1, -0.05) is 6.92 Å². The second-order valence-corrected chi connectivity index (χ2v) is 5.09. The number of nitrogens with zero attached hydrogens (tertiary/aromatic N) is 2. The molecule has 2 aliphatic heterocycles. The minimum atomic E-state index is 0.704. The molecule has 0 bridgehead atoms. The van der Waals surface area contributed by atoms with Crippen molar-refractivity contribution in [3.8, 4) is 0 Å². The van der Waals surface area contributed by atoms with Crippen LogP contribution in [0.25, 0.3) is 0 Å². The summed E-state index contributed by atoms with van der Waals surface area (Å²) in [6.45, 7) is 13.3. The lowest BCUT2D eigenvalue weighted by molar-refractivity contribution is 0.0357. The summed E-state index contributed by atoms with van der Waals surface area (Å²) in [6, 6.07) is 0. The van der Waals surface area contributed by atoms with Gasteiger partial charge in [0.2, 0.25) is 0 Å². The summed E-state index contributed by atoms with van der Waals surface area (Å²) in [7, 11) is 0. The maximum absolute atomic E-state index is 5.35. The van der Waals surface area contributed by atoms with Crippen molar-refractivity contribution in [2.75, 3.05) is 52.5 Å². The number of likely N-dealkylation sites (tertiary alicyclic amines) is 1. The molecule has 0 atom stereocenters. The summed E-state index contributed by atoms with van der Waals surface area (Å²) >= 11 is 0. The highest BCUT2D eigenvalue weighted by Gasteiger charge is 2.16. The molecular weight excluding hydrogens is 200 g/mol. The Morgan fingerprint density at radius 2 is 1.50 bits per heavy atom. The molecular formula is C13H25N2O. The molecule has 2 heterocycles. The number of ether oxygens (including phenoxy) is 1. The molecule has 0 aromatic heterocycles. The second kappa shape index (κ2) is 6.58. The van der Waals surface area contributed by atoms with Gasteiger partial charge in [-0.05, 0) is 51.4 Å². The van der Waals surface area contributed by atoms with Crippen molar-refractivity contribution < 1.29 is 4.74 Å². The van der Waals surface area contributed by atoms with Crippen molar-refractivity contribution in [2.24, 2.45) is 5.92 Å². The number of morpholine rings is 1. The first-order chi connectivity index (χ1) is 7.84. The number of rotatable bonds is 4. The Bertz CT molecular complexity index is 184. The first-order valence-corrected chi connectivity index (χ1v) is 6.70. The Labute approximate surface area is 99.7 Å². The van der Waals surface area contributed by atoms with Crippen molar-refractivity contribution in [3.05, 3.63) is 6.92 Å². The smallest absolute Gasteiger partial charge is 0.0594 e. The lowest BCUT2D eigenvalue weighted by Gasteiger charge is -2.31. The Morgan fingerprint density at radius 1 is 0.938 bits per heavy atom. The number of hydrogen-bond donors (Lipinski definition) is 0.